The molecule has 1 atom stereocenters. The maximum atomic E-state index is 12.6. The molecule has 2 aliphatic rings. The minimum absolute atomic E-state index is 0.255. The predicted molar refractivity (Wildman–Crippen MR) is 95.1 cm³/mol. The van der Waals surface area contributed by atoms with Crippen molar-refractivity contribution >= 4 is 16.8 Å². The first kappa shape index (κ1) is 14.0. The molecule has 5 rings (SSSR count). The minimum Gasteiger partial charge on any atom is -0.290 e. The zero-order chi connectivity index (χ0) is 16.1. The van der Waals surface area contributed by atoms with Gasteiger partial charge in [-0.1, -0.05) is 48.5 Å². The van der Waals surface area contributed by atoms with Gasteiger partial charge in [-0.3, -0.25) is 14.3 Å². The molecule has 0 saturated carbocycles. The van der Waals surface area contributed by atoms with Gasteiger partial charge in [-0.05, 0) is 30.0 Å². The Morgan fingerprint density at radius 1 is 0.958 bits per heavy atom. The summed E-state index contributed by atoms with van der Waals surface area (Å²) in [5, 5.41) is 1.27. The average molecular weight is 316 g/mol. The van der Waals surface area contributed by atoms with Crippen molar-refractivity contribution in [1.82, 2.24) is 9.47 Å². The summed E-state index contributed by atoms with van der Waals surface area (Å²) in [5.74, 6) is 0.255. The lowest BCUT2D eigenvalue weighted by Crippen LogP contribution is -2.39. The highest BCUT2D eigenvalue weighted by atomic mass is 16.2. The standard InChI is InChI=1S/C21H20N2O/c24-20-11-10-19-21-17(16-8-4-5-9-18(16)23(20)21)12-13-22(19)14-15-6-2-1-3-7-15/h1-9,19H,10-14H2. The van der Waals surface area contributed by atoms with Crippen molar-refractivity contribution in [2.75, 3.05) is 6.54 Å². The largest absolute Gasteiger partial charge is 0.290 e. The number of benzene rings is 2. The first-order valence-corrected chi connectivity index (χ1v) is 8.76. The smallest absolute Gasteiger partial charge is 0.231 e. The highest BCUT2D eigenvalue weighted by Gasteiger charge is 2.37. The van der Waals surface area contributed by atoms with E-state index < -0.39 is 0 Å². The van der Waals surface area contributed by atoms with Crippen molar-refractivity contribution in [3.63, 3.8) is 0 Å². The number of rotatable bonds is 2. The van der Waals surface area contributed by atoms with Crippen LogP contribution in [-0.2, 0) is 13.0 Å². The number of hydrogen-bond acceptors (Lipinski definition) is 2. The molecule has 1 unspecified atom stereocenters. The van der Waals surface area contributed by atoms with Crippen LogP contribution in [0.2, 0.25) is 0 Å². The molecule has 0 saturated heterocycles. The van der Waals surface area contributed by atoms with Crippen LogP contribution in [0.3, 0.4) is 0 Å². The summed E-state index contributed by atoms with van der Waals surface area (Å²) in [6, 6.07) is 19.4. The summed E-state index contributed by atoms with van der Waals surface area (Å²) in [6.07, 6.45) is 2.61. The molecule has 24 heavy (non-hydrogen) atoms. The van der Waals surface area contributed by atoms with Gasteiger partial charge in [0.1, 0.15) is 0 Å². The number of hydrogen-bond donors (Lipinski definition) is 0. The monoisotopic (exact) mass is 316 g/mol. The molecule has 0 aliphatic carbocycles. The van der Waals surface area contributed by atoms with Crippen molar-refractivity contribution in [1.29, 1.82) is 0 Å². The highest BCUT2D eigenvalue weighted by Crippen LogP contribution is 2.42. The lowest BCUT2D eigenvalue weighted by molar-refractivity contribution is 0.0803. The molecule has 3 heterocycles. The van der Waals surface area contributed by atoms with E-state index in [1.54, 1.807) is 0 Å². The summed E-state index contributed by atoms with van der Waals surface area (Å²) in [7, 11) is 0. The molecule has 3 heteroatoms. The van der Waals surface area contributed by atoms with Gasteiger partial charge in [-0.15, -0.1) is 0 Å². The van der Waals surface area contributed by atoms with E-state index in [1.165, 1.54) is 22.2 Å². The topological polar surface area (TPSA) is 25.2 Å². The van der Waals surface area contributed by atoms with E-state index in [1.807, 2.05) is 10.6 Å². The van der Waals surface area contributed by atoms with Crippen LogP contribution < -0.4 is 0 Å². The lowest BCUT2D eigenvalue weighted by atomic mass is 9.92. The Morgan fingerprint density at radius 3 is 2.62 bits per heavy atom. The van der Waals surface area contributed by atoms with Crippen LogP contribution in [-0.4, -0.2) is 21.9 Å². The number of nitrogens with zero attached hydrogens (tertiary/aromatic N) is 2. The third-order valence-electron chi connectivity index (χ3n) is 5.54. The Labute approximate surface area is 141 Å². The Bertz CT molecular complexity index is 926. The van der Waals surface area contributed by atoms with Crippen LogP contribution in [0.5, 0.6) is 0 Å². The summed E-state index contributed by atoms with van der Waals surface area (Å²) in [6.45, 7) is 2.02. The average Bonchev–Trinajstić information content (AvgIpc) is 2.96. The van der Waals surface area contributed by atoms with Crippen molar-refractivity contribution in [3.8, 4) is 0 Å². The molecule has 2 aromatic carbocycles. The number of carbonyl (C=O) groups is 1. The Morgan fingerprint density at radius 2 is 1.75 bits per heavy atom. The van der Waals surface area contributed by atoms with Gasteiger partial charge >= 0.3 is 0 Å². The molecule has 0 spiro atoms. The molecule has 1 aromatic heterocycles. The van der Waals surface area contributed by atoms with Crippen LogP contribution in [0.4, 0.5) is 0 Å². The normalized spacial score (nSPS) is 20.3. The van der Waals surface area contributed by atoms with E-state index in [4.69, 9.17) is 0 Å². The molecule has 120 valence electrons. The quantitative estimate of drug-likeness (QED) is 0.709. The highest BCUT2D eigenvalue weighted by molar-refractivity contribution is 5.97. The summed E-state index contributed by atoms with van der Waals surface area (Å²) >= 11 is 0. The van der Waals surface area contributed by atoms with E-state index in [0.29, 0.717) is 12.5 Å². The van der Waals surface area contributed by atoms with Gasteiger partial charge < -0.3 is 0 Å². The molecule has 3 nitrogen and oxygen atoms in total. The Kier molecular flexibility index (Phi) is 3.10. The molecule has 2 aliphatic heterocycles. The maximum Gasteiger partial charge on any atom is 0.231 e. The number of aromatic nitrogens is 1. The van der Waals surface area contributed by atoms with Crippen LogP contribution in [0.25, 0.3) is 10.9 Å². The molecule has 0 radical (unpaired) electrons. The van der Waals surface area contributed by atoms with Gasteiger partial charge in [0.15, 0.2) is 0 Å². The fourth-order valence-electron chi connectivity index (χ4n) is 4.49. The van der Waals surface area contributed by atoms with E-state index in [2.05, 4.69) is 53.4 Å². The molecule has 0 amide bonds. The molecule has 3 aromatic rings. The van der Waals surface area contributed by atoms with Crippen LogP contribution >= 0.6 is 0 Å². The minimum atomic E-state index is 0.255. The van der Waals surface area contributed by atoms with E-state index in [0.717, 1.165) is 31.4 Å². The second kappa shape index (κ2) is 5.32. The van der Waals surface area contributed by atoms with Crippen molar-refractivity contribution in [3.05, 3.63) is 71.4 Å². The zero-order valence-corrected chi connectivity index (χ0v) is 13.6. The van der Waals surface area contributed by atoms with E-state index in [-0.39, 0.29) is 5.91 Å². The molecule has 0 bridgehead atoms. The van der Waals surface area contributed by atoms with Crippen molar-refractivity contribution in [2.24, 2.45) is 0 Å². The fourth-order valence-corrected chi connectivity index (χ4v) is 4.49. The first-order chi connectivity index (χ1) is 11.8. The van der Waals surface area contributed by atoms with Crippen LogP contribution in [0, 0.1) is 0 Å². The number of para-hydroxylation sites is 1. The van der Waals surface area contributed by atoms with Crippen LogP contribution in [0.1, 0.15) is 40.5 Å². The van der Waals surface area contributed by atoms with Gasteiger partial charge in [0, 0.05) is 30.6 Å². The van der Waals surface area contributed by atoms with Gasteiger partial charge in [-0.2, -0.15) is 0 Å². The first-order valence-electron chi connectivity index (χ1n) is 8.76. The van der Waals surface area contributed by atoms with Crippen molar-refractivity contribution < 1.29 is 4.79 Å². The van der Waals surface area contributed by atoms with Crippen molar-refractivity contribution in [2.45, 2.75) is 31.8 Å². The van der Waals surface area contributed by atoms with E-state index in [9.17, 15) is 4.79 Å². The van der Waals surface area contributed by atoms with Gasteiger partial charge in [0.25, 0.3) is 0 Å². The van der Waals surface area contributed by atoms with Crippen LogP contribution in [0.15, 0.2) is 54.6 Å². The van der Waals surface area contributed by atoms with Gasteiger partial charge in [-0.25, -0.2) is 0 Å². The van der Waals surface area contributed by atoms with Gasteiger partial charge in [0.2, 0.25) is 5.91 Å². The van der Waals surface area contributed by atoms with E-state index >= 15 is 0 Å². The van der Waals surface area contributed by atoms with Gasteiger partial charge in [0.05, 0.1) is 11.6 Å². The number of fused-ring (bicyclic) bond motifs is 3. The second-order valence-electron chi connectivity index (χ2n) is 6.87. The summed E-state index contributed by atoms with van der Waals surface area (Å²) in [5.41, 5.74) is 5.10. The SMILES string of the molecule is O=C1CCC2c3c(c4ccccc4n31)CCN2Cc1ccccc1. The molecular formula is C21H20N2O. The maximum absolute atomic E-state index is 12.6. The zero-order valence-electron chi connectivity index (χ0n) is 13.6. The Hall–Kier alpha value is -2.39. The molecular weight excluding hydrogens is 296 g/mol. The molecule has 0 fully saturated rings. The lowest BCUT2D eigenvalue weighted by Gasteiger charge is -2.39. The molecule has 0 N–H and O–H groups in total. The number of carbonyl (C=O) groups excluding carboxylic acids is 1. The summed E-state index contributed by atoms with van der Waals surface area (Å²) in [4.78, 5) is 15.2. The second-order valence-corrected chi connectivity index (χ2v) is 6.87. The predicted octanol–water partition coefficient (Wildman–Crippen LogP) is 4.17. The fraction of sp³-hybridized carbons (Fsp3) is 0.286. The third kappa shape index (κ3) is 1.98. The third-order valence-corrected chi connectivity index (χ3v) is 5.54. The Balaban J connectivity index is 1.63. The summed E-state index contributed by atoms with van der Waals surface area (Å²) < 4.78 is 2.01.